The molecule has 0 bridgehead atoms. The van der Waals surface area contributed by atoms with Gasteiger partial charge in [0.25, 0.3) is 0 Å². The zero-order valence-corrected chi connectivity index (χ0v) is 16.9. The fraction of sp³-hybridized carbons (Fsp3) is 0.192. The van der Waals surface area contributed by atoms with E-state index in [0.29, 0.717) is 12.1 Å². The molecule has 4 rings (SSSR count). The minimum atomic E-state index is -0.291. The van der Waals surface area contributed by atoms with E-state index in [1.807, 2.05) is 12.1 Å². The highest BCUT2D eigenvalue weighted by molar-refractivity contribution is 5.80. The van der Waals surface area contributed by atoms with Crippen LogP contribution in [-0.2, 0) is 13.0 Å². The number of hydrogen-bond acceptors (Lipinski definition) is 2. The number of nitrogens with two attached hydrogens (primary N) is 1. The summed E-state index contributed by atoms with van der Waals surface area (Å²) in [7, 11) is 0. The predicted octanol–water partition coefficient (Wildman–Crippen LogP) is 4.52. The van der Waals surface area contributed by atoms with Crippen LogP contribution in [0, 0.1) is 6.92 Å². The van der Waals surface area contributed by atoms with E-state index in [9.17, 15) is 4.79 Å². The Bertz CT molecular complexity index is 1160. The SMILES string of the molecule is CCc1ccc2c(C[NH2+][C@H](c3ccccc3)c3ccc(C)cc3)cc(=O)oc2c1. The van der Waals surface area contributed by atoms with Crippen molar-refractivity contribution in [2.24, 2.45) is 0 Å². The highest BCUT2D eigenvalue weighted by Crippen LogP contribution is 2.21. The number of hydrogen-bond donors (Lipinski definition) is 1. The average Bonchev–Trinajstić information content (AvgIpc) is 2.75. The van der Waals surface area contributed by atoms with Crippen molar-refractivity contribution in [1.29, 1.82) is 0 Å². The van der Waals surface area contributed by atoms with Crippen molar-refractivity contribution in [1.82, 2.24) is 0 Å². The molecule has 4 aromatic rings. The lowest BCUT2D eigenvalue weighted by atomic mass is 9.97. The van der Waals surface area contributed by atoms with E-state index in [1.54, 1.807) is 6.07 Å². The molecule has 0 aliphatic rings. The van der Waals surface area contributed by atoms with Crippen LogP contribution in [0.5, 0.6) is 0 Å². The molecule has 1 heterocycles. The molecule has 3 nitrogen and oxygen atoms in total. The van der Waals surface area contributed by atoms with Crippen LogP contribution in [0.1, 0.15) is 40.8 Å². The summed E-state index contributed by atoms with van der Waals surface area (Å²) >= 11 is 0. The van der Waals surface area contributed by atoms with Crippen molar-refractivity contribution in [3.63, 3.8) is 0 Å². The van der Waals surface area contributed by atoms with Crippen molar-refractivity contribution in [2.45, 2.75) is 32.9 Å². The molecule has 3 heteroatoms. The molecule has 3 aromatic carbocycles. The van der Waals surface area contributed by atoms with Gasteiger partial charge in [0.2, 0.25) is 0 Å². The number of quaternary nitrogens is 1. The summed E-state index contributed by atoms with van der Waals surface area (Å²) in [5.74, 6) is 0. The molecule has 0 saturated heterocycles. The van der Waals surface area contributed by atoms with E-state index in [-0.39, 0.29) is 11.7 Å². The standard InChI is InChI=1S/C26H25NO2/c1-3-19-11-14-23-22(16-25(28)29-24(23)15-19)17-27-26(20-7-5-4-6-8-20)21-12-9-18(2)10-13-21/h4-16,26-27H,3,17H2,1-2H3/p+1/t26-/m1/s1. The van der Waals surface area contributed by atoms with Gasteiger partial charge >= 0.3 is 5.63 Å². The number of benzene rings is 3. The van der Waals surface area contributed by atoms with Crippen LogP contribution in [0.15, 0.2) is 88.1 Å². The summed E-state index contributed by atoms with van der Waals surface area (Å²) in [5, 5.41) is 3.30. The zero-order valence-electron chi connectivity index (χ0n) is 16.9. The number of fused-ring (bicyclic) bond motifs is 1. The maximum atomic E-state index is 12.1. The van der Waals surface area contributed by atoms with Gasteiger partial charge in [-0.25, -0.2) is 4.79 Å². The Labute approximate surface area is 171 Å². The first-order valence-electron chi connectivity index (χ1n) is 10.1. The summed E-state index contributed by atoms with van der Waals surface area (Å²) in [4.78, 5) is 12.1. The molecule has 0 fully saturated rings. The Hall–Kier alpha value is -3.17. The molecule has 1 aromatic heterocycles. The van der Waals surface area contributed by atoms with E-state index < -0.39 is 0 Å². The maximum absolute atomic E-state index is 12.1. The van der Waals surface area contributed by atoms with Gasteiger partial charge < -0.3 is 9.73 Å². The van der Waals surface area contributed by atoms with Gasteiger partial charge in [0.15, 0.2) is 0 Å². The summed E-state index contributed by atoms with van der Waals surface area (Å²) in [6.07, 6.45) is 0.916. The number of rotatable bonds is 6. The van der Waals surface area contributed by atoms with Gasteiger partial charge in [-0.3, -0.25) is 0 Å². The molecule has 2 N–H and O–H groups in total. The molecular weight excluding hydrogens is 358 g/mol. The van der Waals surface area contributed by atoms with Gasteiger partial charge in [-0.2, -0.15) is 0 Å². The maximum Gasteiger partial charge on any atom is 0.336 e. The molecule has 0 unspecified atom stereocenters. The monoisotopic (exact) mass is 384 g/mol. The Morgan fingerprint density at radius 3 is 2.34 bits per heavy atom. The van der Waals surface area contributed by atoms with Crippen molar-refractivity contribution >= 4 is 11.0 Å². The quantitative estimate of drug-likeness (QED) is 0.497. The number of aryl methyl sites for hydroxylation is 2. The van der Waals surface area contributed by atoms with Crippen molar-refractivity contribution in [3.8, 4) is 0 Å². The summed E-state index contributed by atoms with van der Waals surface area (Å²) in [5.41, 5.74) is 6.31. The molecule has 1 atom stereocenters. The second-order valence-corrected chi connectivity index (χ2v) is 7.51. The van der Waals surface area contributed by atoms with E-state index in [0.717, 1.165) is 17.4 Å². The largest absolute Gasteiger partial charge is 0.423 e. The third kappa shape index (κ3) is 4.30. The van der Waals surface area contributed by atoms with Gasteiger partial charge in [-0.1, -0.05) is 79.2 Å². The molecule has 0 amide bonds. The first-order chi connectivity index (χ1) is 14.1. The Morgan fingerprint density at radius 1 is 0.897 bits per heavy atom. The Kier molecular flexibility index (Phi) is 5.59. The van der Waals surface area contributed by atoms with Crippen LogP contribution in [-0.4, -0.2) is 0 Å². The highest BCUT2D eigenvalue weighted by Gasteiger charge is 2.18. The minimum Gasteiger partial charge on any atom is -0.423 e. The molecule has 0 radical (unpaired) electrons. The van der Waals surface area contributed by atoms with Crippen LogP contribution in [0.3, 0.4) is 0 Å². The molecule has 0 aliphatic heterocycles. The third-order valence-corrected chi connectivity index (χ3v) is 5.47. The zero-order chi connectivity index (χ0) is 20.2. The average molecular weight is 384 g/mol. The van der Waals surface area contributed by atoms with Gasteiger partial charge in [0.1, 0.15) is 18.2 Å². The topological polar surface area (TPSA) is 46.8 Å². The lowest BCUT2D eigenvalue weighted by Crippen LogP contribution is -2.84. The Balaban J connectivity index is 1.69. The molecule has 0 saturated carbocycles. The molecule has 0 aliphatic carbocycles. The lowest BCUT2D eigenvalue weighted by molar-refractivity contribution is -0.702. The fourth-order valence-corrected chi connectivity index (χ4v) is 3.81. The second-order valence-electron chi connectivity index (χ2n) is 7.51. The molecule has 29 heavy (non-hydrogen) atoms. The van der Waals surface area contributed by atoms with Gasteiger partial charge in [-0.05, 0) is 25.0 Å². The van der Waals surface area contributed by atoms with E-state index >= 15 is 0 Å². The lowest BCUT2D eigenvalue weighted by Gasteiger charge is -2.17. The molecule has 146 valence electrons. The Morgan fingerprint density at radius 2 is 1.62 bits per heavy atom. The van der Waals surface area contributed by atoms with E-state index in [4.69, 9.17) is 4.42 Å². The van der Waals surface area contributed by atoms with Crippen molar-refractivity contribution < 1.29 is 9.73 Å². The normalized spacial score (nSPS) is 12.2. The van der Waals surface area contributed by atoms with Crippen LogP contribution in [0.2, 0.25) is 0 Å². The fourth-order valence-electron chi connectivity index (χ4n) is 3.81. The van der Waals surface area contributed by atoms with E-state index in [2.05, 4.69) is 79.8 Å². The van der Waals surface area contributed by atoms with E-state index in [1.165, 1.54) is 22.3 Å². The van der Waals surface area contributed by atoms with Gasteiger partial charge in [0.05, 0.1) is 0 Å². The smallest absolute Gasteiger partial charge is 0.336 e. The summed E-state index contributed by atoms with van der Waals surface area (Å²) in [6.45, 7) is 4.90. The second kappa shape index (κ2) is 8.46. The first kappa shape index (κ1) is 19.2. The van der Waals surface area contributed by atoms with Crippen molar-refractivity contribution in [2.75, 3.05) is 0 Å². The molecule has 0 spiro atoms. The van der Waals surface area contributed by atoms with Crippen LogP contribution in [0.4, 0.5) is 0 Å². The van der Waals surface area contributed by atoms with Crippen LogP contribution in [0.25, 0.3) is 11.0 Å². The molecular formula is C26H26NO2+. The van der Waals surface area contributed by atoms with Crippen molar-refractivity contribution in [3.05, 3.63) is 117 Å². The first-order valence-corrected chi connectivity index (χ1v) is 10.1. The van der Waals surface area contributed by atoms with Crippen LogP contribution < -0.4 is 10.9 Å². The summed E-state index contributed by atoms with van der Waals surface area (Å²) < 4.78 is 5.46. The minimum absolute atomic E-state index is 0.161. The van der Waals surface area contributed by atoms with Gasteiger partial charge in [0, 0.05) is 28.1 Å². The summed E-state index contributed by atoms with van der Waals surface area (Å²) in [6, 6.07) is 27.1. The van der Waals surface area contributed by atoms with Crippen LogP contribution >= 0.6 is 0 Å². The van der Waals surface area contributed by atoms with Gasteiger partial charge in [-0.15, -0.1) is 0 Å². The predicted molar refractivity (Wildman–Crippen MR) is 117 cm³/mol. The highest BCUT2D eigenvalue weighted by atomic mass is 16.4. The third-order valence-electron chi connectivity index (χ3n) is 5.47.